The number of nitrogens with one attached hydrogen (secondary N) is 3. The maximum absolute atomic E-state index is 13.7. The zero-order valence-electron chi connectivity index (χ0n) is 24.3. The highest BCUT2D eigenvalue weighted by molar-refractivity contribution is 6.33. The molecule has 2 amide bonds. The molecule has 46 heavy (non-hydrogen) atoms. The molecule has 0 spiro atoms. The zero-order chi connectivity index (χ0) is 33.0. The highest BCUT2D eigenvalue weighted by Gasteiger charge is 2.37. The van der Waals surface area contributed by atoms with Gasteiger partial charge >= 0.3 is 18.2 Å². The van der Waals surface area contributed by atoms with Crippen LogP contribution >= 0.6 is 11.6 Å². The van der Waals surface area contributed by atoms with Crippen LogP contribution in [-0.4, -0.2) is 78.3 Å². The first-order chi connectivity index (χ1) is 21.9. The van der Waals surface area contributed by atoms with Crippen LogP contribution < -0.4 is 20.3 Å². The number of alkyl halides is 5. The molecule has 4 aromatic rings. The number of methoxy groups -OCH3 is 1. The van der Waals surface area contributed by atoms with Crippen LogP contribution in [0.5, 0.6) is 6.01 Å². The molecule has 4 aromatic heterocycles. The zero-order valence-corrected chi connectivity index (χ0v) is 25.1. The summed E-state index contributed by atoms with van der Waals surface area (Å²) < 4.78 is 72.0. The molecular weight excluding hydrogens is 641 g/mol. The third-order valence-corrected chi connectivity index (χ3v) is 7.67. The first-order valence-electron chi connectivity index (χ1n) is 13.9. The van der Waals surface area contributed by atoms with Crippen molar-refractivity contribution in [3.63, 3.8) is 0 Å². The van der Waals surface area contributed by atoms with Gasteiger partial charge in [-0.3, -0.25) is 15.0 Å². The van der Waals surface area contributed by atoms with Crippen LogP contribution in [-0.2, 0) is 6.18 Å². The number of rotatable bonds is 9. The van der Waals surface area contributed by atoms with Gasteiger partial charge < -0.3 is 15.4 Å². The van der Waals surface area contributed by atoms with Crippen molar-refractivity contribution < 1.29 is 31.5 Å². The fourth-order valence-corrected chi connectivity index (χ4v) is 5.10. The molecule has 19 heteroatoms. The summed E-state index contributed by atoms with van der Waals surface area (Å²) in [6, 6.07) is -1.32. The predicted molar refractivity (Wildman–Crippen MR) is 156 cm³/mol. The molecule has 0 radical (unpaired) electrons. The van der Waals surface area contributed by atoms with Crippen molar-refractivity contribution >= 4 is 29.4 Å². The average Bonchev–Trinajstić information content (AvgIpc) is 3.38. The highest BCUT2D eigenvalue weighted by Crippen LogP contribution is 2.38. The van der Waals surface area contributed by atoms with Gasteiger partial charge in [0.05, 0.1) is 42.5 Å². The van der Waals surface area contributed by atoms with Gasteiger partial charge in [0.25, 0.3) is 6.43 Å². The van der Waals surface area contributed by atoms with E-state index in [0.717, 1.165) is 0 Å². The Hall–Kier alpha value is -4.74. The second kappa shape index (κ2) is 13.7. The summed E-state index contributed by atoms with van der Waals surface area (Å²) in [6.45, 7) is 0.714. The fraction of sp³-hybridized carbons (Fsp3) is 0.407. The van der Waals surface area contributed by atoms with Crippen LogP contribution in [0.1, 0.15) is 36.9 Å². The van der Waals surface area contributed by atoms with E-state index >= 15 is 0 Å². The van der Waals surface area contributed by atoms with E-state index < -0.39 is 42.5 Å². The quantitative estimate of drug-likeness (QED) is 0.200. The Morgan fingerprint density at radius 1 is 1.04 bits per heavy atom. The maximum Gasteiger partial charge on any atom is 0.420 e. The van der Waals surface area contributed by atoms with E-state index in [-0.39, 0.29) is 34.5 Å². The number of aromatic nitrogens is 8. The summed E-state index contributed by atoms with van der Waals surface area (Å²) in [7, 11) is 1.43. The van der Waals surface area contributed by atoms with Crippen molar-refractivity contribution in [2.75, 3.05) is 23.9 Å². The Balaban J connectivity index is 1.32. The molecule has 244 valence electrons. The number of halogens is 6. The van der Waals surface area contributed by atoms with Crippen LogP contribution in [0.25, 0.3) is 22.6 Å². The van der Waals surface area contributed by atoms with Gasteiger partial charge in [-0.2, -0.15) is 18.3 Å². The van der Waals surface area contributed by atoms with E-state index in [1.165, 1.54) is 36.8 Å². The van der Waals surface area contributed by atoms with Crippen molar-refractivity contribution in [3.8, 4) is 28.7 Å². The minimum Gasteiger partial charge on any atom is -0.467 e. The summed E-state index contributed by atoms with van der Waals surface area (Å²) >= 11 is 6.18. The number of hydrogen-bond donors (Lipinski definition) is 3. The minimum absolute atomic E-state index is 0.00864. The van der Waals surface area contributed by atoms with E-state index in [1.807, 2.05) is 0 Å². The van der Waals surface area contributed by atoms with Crippen LogP contribution in [0.2, 0.25) is 5.02 Å². The average molecular weight is 668 g/mol. The molecule has 4 heterocycles. The maximum atomic E-state index is 13.7. The lowest BCUT2D eigenvalue weighted by Gasteiger charge is -2.36. The highest BCUT2D eigenvalue weighted by atomic mass is 35.5. The molecule has 5 rings (SSSR count). The largest absolute Gasteiger partial charge is 0.467 e. The van der Waals surface area contributed by atoms with Gasteiger partial charge in [0.15, 0.2) is 5.82 Å². The lowest BCUT2D eigenvalue weighted by Crippen LogP contribution is -2.50. The fourth-order valence-electron chi connectivity index (χ4n) is 4.93. The normalized spacial score (nSPS) is 16.7. The molecule has 1 aliphatic carbocycles. The lowest BCUT2D eigenvalue weighted by molar-refractivity contribution is -0.137. The van der Waals surface area contributed by atoms with Gasteiger partial charge in [-0.05, 0) is 32.6 Å². The summed E-state index contributed by atoms with van der Waals surface area (Å²) in [5.74, 6) is 0.0851. The van der Waals surface area contributed by atoms with Crippen molar-refractivity contribution in [1.82, 2.24) is 45.4 Å². The monoisotopic (exact) mass is 667 g/mol. The molecule has 1 fully saturated rings. The number of H-pyrrole nitrogens is 1. The van der Waals surface area contributed by atoms with E-state index in [4.69, 9.17) is 16.3 Å². The molecular formula is C27H27ClF5N11O2. The third kappa shape index (κ3) is 7.38. The molecule has 13 nitrogen and oxygen atoms in total. The minimum atomic E-state index is -4.75. The molecule has 1 saturated carbocycles. The predicted octanol–water partition coefficient (Wildman–Crippen LogP) is 5.31. The van der Waals surface area contributed by atoms with E-state index in [1.54, 1.807) is 6.92 Å². The van der Waals surface area contributed by atoms with Gasteiger partial charge in [0, 0.05) is 36.2 Å². The number of hydrogen-bond acceptors (Lipinski definition) is 10. The molecule has 3 N–H and O–H groups in total. The number of nitrogens with zero attached hydrogens (tertiary/aromatic N) is 8. The molecule has 0 unspecified atom stereocenters. The van der Waals surface area contributed by atoms with Crippen molar-refractivity contribution in [1.29, 1.82) is 0 Å². The van der Waals surface area contributed by atoms with Crippen molar-refractivity contribution in [3.05, 3.63) is 47.3 Å². The molecule has 0 aromatic carbocycles. The molecule has 0 saturated heterocycles. The Bertz CT molecular complexity index is 1650. The van der Waals surface area contributed by atoms with Gasteiger partial charge in [0.2, 0.25) is 5.95 Å². The molecule has 0 aliphatic heterocycles. The van der Waals surface area contributed by atoms with E-state index in [9.17, 15) is 26.7 Å². The van der Waals surface area contributed by atoms with Crippen molar-refractivity contribution in [2.24, 2.45) is 0 Å². The van der Waals surface area contributed by atoms with Gasteiger partial charge in [0.1, 0.15) is 17.0 Å². The molecule has 1 aliphatic rings. The number of ether oxygens (including phenoxy) is 1. The standard InChI is InChI=1S/C27H27ClF5N11O2/c1-13-21(28)23(43-42-13)22-17(27(31,32)33)9-36-24(41-22)40-15-3-5-16(6-4-15)44(26(45)39-11-19(29)30)20-12-34-18(10-35-20)14-7-37-25(46-2)38-8-14/h7-10,12,15-16,19H,3-6,11H2,1-2H3,(H,39,45)(H,42,43)(H,36,40,41). The first-order valence-corrected chi connectivity index (χ1v) is 14.3. The van der Waals surface area contributed by atoms with Crippen LogP contribution in [0, 0.1) is 6.92 Å². The number of carbonyl (C=O) groups excluding carboxylic acids is 1. The second-order valence-corrected chi connectivity index (χ2v) is 10.7. The van der Waals surface area contributed by atoms with Gasteiger partial charge in [-0.1, -0.05) is 11.6 Å². The smallest absolute Gasteiger partial charge is 0.420 e. The van der Waals surface area contributed by atoms with Crippen LogP contribution in [0.15, 0.2) is 31.0 Å². The third-order valence-electron chi connectivity index (χ3n) is 7.20. The van der Waals surface area contributed by atoms with Gasteiger partial charge in [-0.25, -0.2) is 38.5 Å². The number of urea groups is 1. The van der Waals surface area contributed by atoms with Crippen LogP contribution in [0.3, 0.4) is 0 Å². The second-order valence-electron chi connectivity index (χ2n) is 10.3. The lowest BCUT2D eigenvalue weighted by atomic mass is 9.90. The number of aromatic amines is 1. The number of anilines is 2. The Morgan fingerprint density at radius 3 is 2.33 bits per heavy atom. The van der Waals surface area contributed by atoms with E-state index in [2.05, 4.69) is 50.7 Å². The number of carbonyl (C=O) groups is 1. The van der Waals surface area contributed by atoms with Crippen LogP contribution in [0.4, 0.5) is 38.5 Å². The topological polar surface area (TPSA) is 160 Å². The first kappa shape index (κ1) is 32.6. The molecule has 0 bridgehead atoms. The summed E-state index contributed by atoms with van der Waals surface area (Å²) in [5.41, 5.74) is -0.386. The summed E-state index contributed by atoms with van der Waals surface area (Å²) in [6.07, 6.45) is 0.587. The number of amides is 2. The Kier molecular flexibility index (Phi) is 9.74. The van der Waals surface area contributed by atoms with Gasteiger partial charge in [-0.15, -0.1) is 0 Å². The summed E-state index contributed by atoms with van der Waals surface area (Å²) in [4.78, 5) is 39.1. The molecule has 0 atom stereocenters. The SMILES string of the molecule is COc1ncc(-c2cnc(N(C(=O)NCC(F)F)C3CCC(Nc4ncc(C(F)(F)F)c(-c5n[nH]c(C)c5Cl)n4)CC3)cn2)cn1. The summed E-state index contributed by atoms with van der Waals surface area (Å²) in [5, 5.41) is 11.7. The Labute approximate surface area is 263 Å². The van der Waals surface area contributed by atoms with Crippen molar-refractivity contribution in [2.45, 2.75) is 57.3 Å². The number of aryl methyl sites for hydroxylation is 1. The Morgan fingerprint density at radius 2 is 1.76 bits per heavy atom. The van der Waals surface area contributed by atoms with E-state index in [0.29, 0.717) is 48.8 Å².